The number of rotatable bonds is 5. The Labute approximate surface area is 196 Å². The highest BCUT2D eigenvalue weighted by Gasteiger charge is 2.31. The maximum absolute atomic E-state index is 14.0. The number of likely N-dealkylation sites (tertiary alicyclic amines) is 1. The quantitative estimate of drug-likeness (QED) is 0.382. The van der Waals surface area contributed by atoms with E-state index in [1.54, 1.807) is 21.8 Å². The minimum absolute atomic E-state index is 0.00745. The van der Waals surface area contributed by atoms with Crippen LogP contribution in [0.5, 0.6) is 0 Å². The van der Waals surface area contributed by atoms with Gasteiger partial charge in [-0.15, -0.1) is 11.3 Å². The first-order valence-corrected chi connectivity index (χ1v) is 12.3. The fourth-order valence-electron chi connectivity index (χ4n) is 4.75. The van der Waals surface area contributed by atoms with Gasteiger partial charge in [-0.05, 0) is 49.8 Å². The summed E-state index contributed by atoms with van der Waals surface area (Å²) in [5, 5.41) is 0.889. The van der Waals surface area contributed by atoms with Gasteiger partial charge in [-0.25, -0.2) is 14.4 Å². The Bertz CT molecular complexity index is 1300. The normalized spacial score (nSPS) is 16.5. The summed E-state index contributed by atoms with van der Waals surface area (Å²) in [7, 11) is 0. The predicted octanol–water partition coefficient (Wildman–Crippen LogP) is 5.71. The molecule has 1 unspecified atom stereocenters. The van der Waals surface area contributed by atoms with Crippen molar-refractivity contribution in [3.05, 3.63) is 76.6 Å². The van der Waals surface area contributed by atoms with Crippen LogP contribution < -0.4 is 0 Å². The van der Waals surface area contributed by atoms with Crippen LogP contribution >= 0.6 is 11.3 Å². The minimum atomic E-state index is -0.259. The van der Waals surface area contributed by atoms with E-state index >= 15 is 0 Å². The van der Waals surface area contributed by atoms with Crippen LogP contribution in [-0.4, -0.2) is 37.8 Å². The highest BCUT2D eigenvalue weighted by molar-refractivity contribution is 7.15. The Morgan fingerprint density at radius 1 is 1.18 bits per heavy atom. The molecule has 4 aromatic rings. The number of nitrogens with zero attached hydrogens (tertiary/aromatic N) is 4. The van der Waals surface area contributed by atoms with Gasteiger partial charge in [-0.2, -0.15) is 0 Å². The first-order valence-electron chi connectivity index (χ1n) is 11.5. The van der Waals surface area contributed by atoms with Crippen molar-refractivity contribution in [1.29, 1.82) is 0 Å². The Morgan fingerprint density at radius 2 is 2.00 bits per heavy atom. The van der Waals surface area contributed by atoms with Crippen LogP contribution in [0.25, 0.3) is 16.1 Å². The van der Waals surface area contributed by atoms with E-state index in [4.69, 9.17) is 4.98 Å². The molecule has 1 amide bonds. The molecule has 1 atom stereocenters. The zero-order chi connectivity index (χ0) is 22.9. The Kier molecular flexibility index (Phi) is 5.98. The molecule has 5 rings (SSSR count). The third-order valence-corrected chi connectivity index (χ3v) is 7.35. The molecule has 0 aliphatic carbocycles. The smallest absolute Gasteiger partial charge is 0.274 e. The number of carbonyl (C=O) groups excluding carboxylic acids is 1. The summed E-state index contributed by atoms with van der Waals surface area (Å²) in [6, 6.07) is 11.6. The summed E-state index contributed by atoms with van der Waals surface area (Å²) >= 11 is 1.56. The van der Waals surface area contributed by atoms with Crippen LogP contribution in [-0.2, 0) is 12.8 Å². The maximum atomic E-state index is 14.0. The van der Waals surface area contributed by atoms with Crippen molar-refractivity contribution in [3.63, 3.8) is 0 Å². The van der Waals surface area contributed by atoms with Crippen molar-refractivity contribution in [2.75, 3.05) is 6.54 Å². The van der Waals surface area contributed by atoms with E-state index in [0.717, 1.165) is 64.6 Å². The van der Waals surface area contributed by atoms with E-state index in [1.165, 1.54) is 6.20 Å². The molecule has 1 aliphatic heterocycles. The summed E-state index contributed by atoms with van der Waals surface area (Å²) in [5.74, 6) is -0.267. The summed E-state index contributed by atoms with van der Waals surface area (Å²) in [4.78, 5) is 26.1. The monoisotopic (exact) mass is 462 g/mol. The molecular formula is C26H27FN4OS. The molecule has 1 aromatic carbocycles. The predicted molar refractivity (Wildman–Crippen MR) is 129 cm³/mol. The zero-order valence-corrected chi connectivity index (χ0v) is 19.7. The molecular weight excluding hydrogens is 435 g/mol. The van der Waals surface area contributed by atoms with Crippen LogP contribution in [0.2, 0.25) is 0 Å². The maximum Gasteiger partial charge on any atom is 0.274 e. The van der Waals surface area contributed by atoms with Gasteiger partial charge in [0.2, 0.25) is 0 Å². The lowest BCUT2D eigenvalue weighted by atomic mass is 9.97. The Hall–Kier alpha value is -3.06. The zero-order valence-electron chi connectivity index (χ0n) is 18.9. The highest BCUT2D eigenvalue weighted by atomic mass is 32.1. The second-order valence-electron chi connectivity index (χ2n) is 8.63. The van der Waals surface area contributed by atoms with Gasteiger partial charge in [-0.1, -0.05) is 37.3 Å². The van der Waals surface area contributed by atoms with E-state index in [1.807, 2.05) is 55.3 Å². The van der Waals surface area contributed by atoms with E-state index < -0.39 is 0 Å². The molecule has 33 heavy (non-hydrogen) atoms. The number of aryl methyl sites for hydroxylation is 2. The second-order valence-corrected chi connectivity index (χ2v) is 9.83. The van der Waals surface area contributed by atoms with Crippen LogP contribution in [0.3, 0.4) is 0 Å². The van der Waals surface area contributed by atoms with Crippen molar-refractivity contribution in [2.45, 2.75) is 52.0 Å². The van der Waals surface area contributed by atoms with Gasteiger partial charge in [0.15, 0.2) is 0 Å². The number of amides is 1. The second kappa shape index (κ2) is 9.06. The van der Waals surface area contributed by atoms with Gasteiger partial charge in [-0.3, -0.25) is 4.79 Å². The molecule has 7 heteroatoms. The first-order chi connectivity index (χ1) is 16.0. The van der Waals surface area contributed by atoms with Gasteiger partial charge < -0.3 is 9.30 Å². The van der Waals surface area contributed by atoms with Crippen LogP contribution in [0, 0.1) is 12.7 Å². The lowest BCUT2D eigenvalue weighted by Gasteiger charge is -2.35. The number of halogens is 1. The summed E-state index contributed by atoms with van der Waals surface area (Å²) < 4.78 is 15.8. The number of aromatic nitrogens is 3. The van der Waals surface area contributed by atoms with Crippen LogP contribution in [0.4, 0.5) is 4.39 Å². The van der Waals surface area contributed by atoms with Crippen molar-refractivity contribution in [1.82, 2.24) is 19.3 Å². The third kappa shape index (κ3) is 4.29. The average molecular weight is 463 g/mol. The molecule has 1 aliphatic rings. The molecule has 4 heterocycles. The number of imidazole rings is 1. The van der Waals surface area contributed by atoms with Gasteiger partial charge in [0.1, 0.15) is 17.2 Å². The summed E-state index contributed by atoms with van der Waals surface area (Å²) in [6.45, 7) is 4.67. The standard InChI is InChI=1S/C26H27FN4OS/c1-3-18-13-20(27)15-30-16-21(29-25(18)30)14-22-11-7-8-12-31(22)26(32)23-24(33-17(2)28-23)19-9-5-4-6-10-19/h4-6,9-10,13,15-16,22H,3,7-8,11-12,14H2,1-2H3. The molecule has 5 nitrogen and oxygen atoms in total. The van der Waals surface area contributed by atoms with Gasteiger partial charge in [0.25, 0.3) is 5.91 Å². The molecule has 1 fully saturated rings. The molecule has 0 bridgehead atoms. The largest absolute Gasteiger partial charge is 0.334 e. The van der Waals surface area contributed by atoms with Crippen molar-refractivity contribution in [3.8, 4) is 10.4 Å². The van der Waals surface area contributed by atoms with Gasteiger partial charge >= 0.3 is 0 Å². The lowest BCUT2D eigenvalue weighted by Crippen LogP contribution is -2.45. The molecule has 170 valence electrons. The Balaban J connectivity index is 1.45. The number of hydrogen-bond donors (Lipinski definition) is 0. The summed E-state index contributed by atoms with van der Waals surface area (Å²) in [5.41, 5.74) is 4.14. The molecule has 3 aromatic heterocycles. The van der Waals surface area contributed by atoms with Gasteiger partial charge in [0, 0.05) is 31.4 Å². The van der Waals surface area contributed by atoms with Gasteiger partial charge in [0.05, 0.1) is 15.6 Å². The van der Waals surface area contributed by atoms with Crippen molar-refractivity contribution < 1.29 is 9.18 Å². The van der Waals surface area contributed by atoms with Crippen molar-refractivity contribution in [2.24, 2.45) is 0 Å². The lowest BCUT2D eigenvalue weighted by molar-refractivity contribution is 0.0608. The number of pyridine rings is 1. The molecule has 1 saturated heterocycles. The minimum Gasteiger partial charge on any atom is -0.334 e. The van der Waals surface area contributed by atoms with Crippen LogP contribution in [0.1, 0.15) is 52.9 Å². The number of benzene rings is 1. The molecule has 0 radical (unpaired) electrons. The summed E-state index contributed by atoms with van der Waals surface area (Å²) in [6.07, 6.45) is 7.74. The van der Waals surface area contributed by atoms with Crippen molar-refractivity contribution >= 4 is 22.9 Å². The topological polar surface area (TPSA) is 50.5 Å². The number of fused-ring (bicyclic) bond motifs is 1. The molecule has 0 spiro atoms. The van der Waals surface area contributed by atoms with E-state index in [2.05, 4.69) is 4.98 Å². The number of hydrogen-bond acceptors (Lipinski definition) is 4. The molecule has 0 N–H and O–H groups in total. The third-order valence-electron chi connectivity index (χ3n) is 6.33. The fraction of sp³-hybridized carbons (Fsp3) is 0.346. The Morgan fingerprint density at radius 3 is 2.79 bits per heavy atom. The van der Waals surface area contributed by atoms with E-state index in [-0.39, 0.29) is 17.8 Å². The van der Waals surface area contributed by atoms with Crippen LogP contribution in [0.15, 0.2) is 48.8 Å². The average Bonchev–Trinajstić information content (AvgIpc) is 3.42. The van der Waals surface area contributed by atoms with E-state index in [0.29, 0.717) is 12.1 Å². The first kappa shape index (κ1) is 21.8. The highest BCUT2D eigenvalue weighted by Crippen LogP contribution is 2.32. The van der Waals surface area contributed by atoms with E-state index in [9.17, 15) is 9.18 Å². The number of carbonyl (C=O) groups is 1. The number of piperidine rings is 1. The SMILES string of the molecule is CCc1cc(F)cn2cc(CC3CCCCN3C(=O)c3nc(C)sc3-c3ccccc3)nc12. The fourth-order valence-corrected chi connectivity index (χ4v) is 5.67. The molecule has 0 saturated carbocycles. The number of thiazole rings is 1.